The molecule has 0 aliphatic carbocycles. The maximum atomic E-state index is 12.7. The molecule has 1 aliphatic heterocycles. The number of nitriles is 1. The van der Waals surface area contributed by atoms with Gasteiger partial charge in [0.2, 0.25) is 10.0 Å². The molecule has 27 heavy (non-hydrogen) atoms. The van der Waals surface area contributed by atoms with Gasteiger partial charge in [-0.05, 0) is 55.6 Å². The van der Waals surface area contributed by atoms with Crippen LogP contribution in [0.3, 0.4) is 0 Å². The Labute approximate surface area is 158 Å². The van der Waals surface area contributed by atoms with Gasteiger partial charge in [0, 0.05) is 37.4 Å². The van der Waals surface area contributed by atoms with Crippen LogP contribution in [0.1, 0.15) is 15.9 Å². The Balaban J connectivity index is 1.70. The Morgan fingerprint density at radius 1 is 1.00 bits per heavy atom. The minimum atomic E-state index is -3.55. The van der Waals surface area contributed by atoms with Crippen LogP contribution in [0.2, 0.25) is 0 Å². The predicted octanol–water partition coefficient (Wildman–Crippen LogP) is 1.75. The maximum Gasteiger partial charge on any atom is 0.255 e. The Hall–Kier alpha value is -2.73. The fourth-order valence-corrected chi connectivity index (χ4v) is 4.21. The van der Waals surface area contributed by atoms with Crippen molar-refractivity contribution >= 4 is 21.6 Å². The van der Waals surface area contributed by atoms with Crippen LogP contribution >= 0.6 is 0 Å². The first-order valence-electron chi connectivity index (χ1n) is 8.50. The highest BCUT2D eigenvalue weighted by atomic mass is 32.2. The number of nitrogens with zero attached hydrogens (tertiary/aromatic N) is 3. The van der Waals surface area contributed by atoms with Crippen molar-refractivity contribution in [2.24, 2.45) is 0 Å². The van der Waals surface area contributed by atoms with Crippen LogP contribution in [0.5, 0.6) is 0 Å². The molecule has 8 heteroatoms. The van der Waals surface area contributed by atoms with Gasteiger partial charge in [-0.3, -0.25) is 4.79 Å². The Bertz CT molecular complexity index is 956. The zero-order chi connectivity index (χ0) is 19.4. The van der Waals surface area contributed by atoms with Gasteiger partial charge in [0.1, 0.15) is 0 Å². The lowest BCUT2D eigenvalue weighted by Gasteiger charge is -2.31. The van der Waals surface area contributed by atoms with E-state index < -0.39 is 10.0 Å². The van der Waals surface area contributed by atoms with E-state index in [1.807, 2.05) is 13.1 Å². The van der Waals surface area contributed by atoms with Crippen molar-refractivity contribution in [2.45, 2.75) is 4.90 Å². The van der Waals surface area contributed by atoms with Gasteiger partial charge in [0.05, 0.1) is 16.5 Å². The predicted molar refractivity (Wildman–Crippen MR) is 102 cm³/mol. The lowest BCUT2D eigenvalue weighted by Crippen LogP contribution is -2.47. The summed E-state index contributed by atoms with van der Waals surface area (Å²) in [6, 6.07) is 14.4. The molecule has 2 aromatic carbocycles. The zero-order valence-electron chi connectivity index (χ0n) is 14.9. The van der Waals surface area contributed by atoms with E-state index in [0.717, 1.165) is 0 Å². The van der Waals surface area contributed by atoms with Crippen LogP contribution in [-0.4, -0.2) is 56.8 Å². The highest BCUT2D eigenvalue weighted by Crippen LogP contribution is 2.19. The van der Waals surface area contributed by atoms with E-state index in [2.05, 4.69) is 10.2 Å². The molecule has 140 valence electrons. The summed E-state index contributed by atoms with van der Waals surface area (Å²) in [6.07, 6.45) is 0. The van der Waals surface area contributed by atoms with Gasteiger partial charge in [-0.15, -0.1) is 0 Å². The quantitative estimate of drug-likeness (QED) is 0.867. The number of rotatable bonds is 4. The molecule has 0 spiro atoms. The summed E-state index contributed by atoms with van der Waals surface area (Å²) in [5.74, 6) is -0.344. The second-order valence-corrected chi connectivity index (χ2v) is 8.31. The summed E-state index contributed by atoms with van der Waals surface area (Å²) in [7, 11) is -1.59. The Morgan fingerprint density at radius 3 is 2.15 bits per heavy atom. The van der Waals surface area contributed by atoms with E-state index in [9.17, 15) is 13.2 Å². The van der Waals surface area contributed by atoms with Gasteiger partial charge >= 0.3 is 0 Å². The monoisotopic (exact) mass is 384 g/mol. The number of carbonyl (C=O) groups excluding carboxylic acids is 1. The van der Waals surface area contributed by atoms with Gasteiger partial charge in [0.25, 0.3) is 5.91 Å². The summed E-state index contributed by atoms with van der Waals surface area (Å²) in [6.45, 7) is 2.31. The van der Waals surface area contributed by atoms with E-state index in [0.29, 0.717) is 43.0 Å². The minimum absolute atomic E-state index is 0.182. The first-order chi connectivity index (χ1) is 12.9. The van der Waals surface area contributed by atoms with Crippen molar-refractivity contribution in [1.29, 1.82) is 5.26 Å². The van der Waals surface area contributed by atoms with Gasteiger partial charge in [-0.25, -0.2) is 8.42 Å². The number of benzene rings is 2. The first kappa shape index (κ1) is 19.0. The van der Waals surface area contributed by atoms with Crippen molar-refractivity contribution in [1.82, 2.24) is 9.21 Å². The number of hydrogen-bond donors (Lipinski definition) is 1. The molecule has 0 radical (unpaired) electrons. The van der Waals surface area contributed by atoms with Crippen LogP contribution in [0.25, 0.3) is 0 Å². The van der Waals surface area contributed by atoms with E-state index in [4.69, 9.17) is 5.26 Å². The fraction of sp³-hybridized carbons (Fsp3) is 0.263. The molecule has 1 amide bonds. The minimum Gasteiger partial charge on any atom is -0.322 e. The van der Waals surface area contributed by atoms with Crippen molar-refractivity contribution in [3.8, 4) is 6.07 Å². The third kappa shape index (κ3) is 4.34. The highest BCUT2D eigenvalue weighted by molar-refractivity contribution is 7.89. The molecule has 0 atom stereocenters. The summed E-state index contributed by atoms with van der Waals surface area (Å²) in [5.41, 5.74) is 1.43. The van der Waals surface area contributed by atoms with Crippen molar-refractivity contribution in [2.75, 3.05) is 38.5 Å². The summed E-state index contributed by atoms with van der Waals surface area (Å²) in [4.78, 5) is 14.6. The number of likely N-dealkylation sites (N-methyl/N-ethyl adjacent to an activating group) is 1. The van der Waals surface area contributed by atoms with Crippen LogP contribution < -0.4 is 5.32 Å². The van der Waals surface area contributed by atoms with Crippen molar-refractivity contribution in [3.63, 3.8) is 0 Å². The number of hydrogen-bond acceptors (Lipinski definition) is 5. The van der Waals surface area contributed by atoms with E-state index in [-0.39, 0.29) is 10.8 Å². The summed E-state index contributed by atoms with van der Waals surface area (Å²) < 4.78 is 26.9. The zero-order valence-corrected chi connectivity index (χ0v) is 15.7. The maximum absolute atomic E-state index is 12.7. The van der Waals surface area contributed by atoms with Crippen molar-refractivity contribution < 1.29 is 13.2 Å². The molecular weight excluding hydrogens is 364 g/mol. The molecule has 1 saturated heterocycles. The lowest BCUT2D eigenvalue weighted by molar-refractivity contribution is 0.102. The second kappa shape index (κ2) is 7.88. The molecule has 0 aromatic heterocycles. The Morgan fingerprint density at radius 2 is 1.59 bits per heavy atom. The number of sulfonamides is 1. The molecular formula is C19H20N4O3S. The molecule has 1 heterocycles. The molecule has 1 N–H and O–H groups in total. The number of amides is 1. The number of piperazine rings is 1. The van der Waals surface area contributed by atoms with Crippen LogP contribution in [-0.2, 0) is 10.0 Å². The molecule has 2 aromatic rings. The fourth-order valence-electron chi connectivity index (χ4n) is 2.79. The average Bonchev–Trinajstić information content (AvgIpc) is 2.69. The largest absolute Gasteiger partial charge is 0.322 e. The molecule has 0 bridgehead atoms. The molecule has 1 fully saturated rings. The molecule has 0 unspecified atom stereocenters. The smallest absolute Gasteiger partial charge is 0.255 e. The van der Waals surface area contributed by atoms with Gasteiger partial charge in [-0.2, -0.15) is 9.57 Å². The van der Waals surface area contributed by atoms with E-state index in [1.54, 1.807) is 24.3 Å². The Kier molecular flexibility index (Phi) is 5.56. The summed E-state index contributed by atoms with van der Waals surface area (Å²) in [5, 5.41) is 11.5. The van der Waals surface area contributed by atoms with E-state index >= 15 is 0 Å². The average molecular weight is 384 g/mol. The topological polar surface area (TPSA) is 93.5 Å². The second-order valence-electron chi connectivity index (χ2n) is 6.38. The van der Waals surface area contributed by atoms with Gasteiger partial charge < -0.3 is 10.2 Å². The van der Waals surface area contributed by atoms with Crippen LogP contribution in [0.15, 0.2) is 53.4 Å². The van der Waals surface area contributed by atoms with Gasteiger partial charge in [0.15, 0.2) is 0 Å². The molecule has 7 nitrogen and oxygen atoms in total. The third-order valence-corrected chi connectivity index (χ3v) is 6.40. The summed E-state index contributed by atoms with van der Waals surface area (Å²) >= 11 is 0. The third-order valence-electron chi connectivity index (χ3n) is 4.49. The van der Waals surface area contributed by atoms with Crippen molar-refractivity contribution in [3.05, 3.63) is 59.7 Å². The van der Waals surface area contributed by atoms with Crippen LogP contribution in [0, 0.1) is 11.3 Å². The standard InChI is InChI=1S/C19H20N4O3S/c1-22-10-12-23(13-11-22)27(25,26)18-8-4-16(5-9-18)19(24)21-17-6-2-15(14-20)3-7-17/h2-9H,10-13H2,1H3,(H,21,24). The highest BCUT2D eigenvalue weighted by Gasteiger charge is 2.27. The van der Waals surface area contributed by atoms with Gasteiger partial charge in [-0.1, -0.05) is 0 Å². The SMILES string of the molecule is CN1CCN(S(=O)(=O)c2ccc(C(=O)Nc3ccc(C#N)cc3)cc2)CC1. The van der Waals surface area contributed by atoms with E-state index in [1.165, 1.54) is 28.6 Å². The lowest BCUT2D eigenvalue weighted by atomic mass is 10.2. The number of anilines is 1. The molecule has 1 aliphatic rings. The molecule has 3 rings (SSSR count). The normalized spacial score (nSPS) is 15.9. The number of carbonyl (C=O) groups is 1. The first-order valence-corrected chi connectivity index (χ1v) is 9.94. The molecule has 0 saturated carbocycles. The number of nitrogens with one attached hydrogen (secondary N) is 1. The van der Waals surface area contributed by atoms with Crippen LogP contribution in [0.4, 0.5) is 5.69 Å².